The Morgan fingerprint density at radius 1 is 0.833 bits per heavy atom. The molecular weight excluding hydrogens is 296 g/mol. The fourth-order valence-corrected chi connectivity index (χ4v) is 2.66. The predicted molar refractivity (Wildman–Crippen MR) is 100 cm³/mol. The van der Waals surface area contributed by atoms with Gasteiger partial charge in [0.2, 0.25) is 5.95 Å². The lowest BCUT2D eigenvalue weighted by molar-refractivity contribution is 0.925. The Morgan fingerprint density at radius 2 is 1.42 bits per heavy atom. The van der Waals surface area contributed by atoms with Gasteiger partial charge in [0.1, 0.15) is 5.82 Å². The van der Waals surface area contributed by atoms with Crippen LogP contribution >= 0.6 is 0 Å². The lowest BCUT2D eigenvalue weighted by Gasteiger charge is -2.24. The first-order valence-corrected chi connectivity index (χ1v) is 8.16. The number of anilines is 4. The Bertz CT molecular complexity index is 787. The lowest BCUT2D eigenvalue weighted by atomic mass is 10.3. The molecule has 0 unspecified atom stereocenters. The van der Waals surface area contributed by atoms with Crippen molar-refractivity contribution in [3.8, 4) is 0 Å². The monoisotopic (exact) mass is 318 g/mol. The highest BCUT2D eigenvalue weighted by atomic mass is 15.3. The van der Waals surface area contributed by atoms with E-state index < -0.39 is 0 Å². The second-order valence-electron chi connectivity index (χ2n) is 5.64. The van der Waals surface area contributed by atoms with Gasteiger partial charge in [-0.25, -0.2) is 4.98 Å². The van der Waals surface area contributed by atoms with Crippen molar-refractivity contribution in [3.05, 3.63) is 72.4 Å². The quantitative estimate of drug-likeness (QED) is 0.682. The third-order valence-corrected chi connectivity index (χ3v) is 3.94. The molecular formula is C20H22N4. The summed E-state index contributed by atoms with van der Waals surface area (Å²) in [4.78, 5) is 13.6. The van der Waals surface area contributed by atoms with E-state index in [2.05, 4.69) is 46.0 Å². The molecule has 4 heteroatoms. The van der Waals surface area contributed by atoms with Gasteiger partial charge in [-0.3, -0.25) is 0 Å². The minimum absolute atomic E-state index is 0.724. The minimum Gasteiger partial charge on any atom is -0.329 e. The second kappa shape index (κ2) is 7.13. The van der Waals surface area contributed by atoms with Gasteiger partial charge in [-0.15, -0.1) is 0 Å². The molecule has 0 fully saturated rings. The van der Waals surface area contributed by atoms with Crippen LogP contribution in [0.1, 0.15) is 12.6 Å². The number of hydrogen-bond donors (Lipinski definition) is 0. The molecule has 0 saturated heterocycles. The number of nitrogens with zero attached hydrogens (tertiary/aromatic N) is 4. The van der Waals surface area contributed by atoms with Crippen LogP contribution in [0, 0.1) is 6.92 Å². The number of aryl methyl sites for hydroxylation is 1. The molecule has 0 aliphatic carbocycles. The smallest absolute Gasteiger partial charge is 0.232 e. The number of para-hydroxylation sites is 2. The molecule has 0 atom stereocenters. The molecule has 0 radical (unpaired) electrons. The SMILES string of the molecule is CCN(c1ccccc1)c1nc(C)cc(N(C)c2ccccc2)n1. The normalized spacial score (nSPS) is 10.5. The molecule has 0 bridgehead atoms. The molecule has 0 saturated carbocycles. The van der Waals surface area contributed by atoms with Gasteiger partial charge < -0.3 is 9.80 Å². The topological polar surface area (TPSA) is 32.3 Å². The molecule has 122 valence electrons. The van der Waals surface area contributed by atoms with Crippen LogP contribution < -0.4 is 9.80 Å². The molecule has 4 nitrogen and oxygen atoms in total. The van der Waals surface area contributed by atoms with E-state index in [1.54, 1.807) is 0 Å². The minimum atomic E-state index is 0.724. The number of aromatic nitrogens is 2. The van der Waals surface area contributed by atoms with Gasteiger partial charge in [0.05, 0.1) is 0 Å². The van der Waals surface area contributed by atoms with Crippen molar-refractivity contribution in [3.63, 3.8) is 0 Å². The van der Waals surface area contributed by atoms with Gasteiger partial charge in [0, 0.05) is 36.7 Å². The van der Waals surface area contributed by atoms with Gasteiger partial charge in [-0.05, 0) is 38.1 Å². The van der Waals surface area contributed by atoms with E-state index in [1.807, 2.05) is 56.4 Å². The van der Waals surface area contributed by atoms with Crippen LogP contribution in [0.5, 0.6) is 0 Å². The summed E-state index contributed by atoms with van der Waals surface area (Å²) in [5, 5.41) is 0. The van der Waals surface area contributed by atoms with E-state index in [0.717, 1.165) is 35.4 Å². The first-order chi connectivity index (χ1) is 11.7. The highest BCUT2D eigenvalue weighted by Gasteiger charge is 2.14. The predicted octanol–water partition coefficient (Wildman–Crippen LogP) is 4.71. The maximum absolute atomic E-state index is 4.80. The zero-order valence-corrected chi connectivity index (χ0v) is 14.3. The first-order valence-electron chi connectivity index (χ1n) is 8.16. The van der Waals surface area contributed by atoms with Gasteiger partial charge >= 0.3 is 0 Å². The van der Waals surface area contributed by atoms with Crippen molar-refractivity contribution in [2.24, 2.45) is 0 Å². The number of rotatable bonds is 5. The second-order valence-corrected chi connectivity index (χ2v) is 5.64. The lowest BCUT2D eigenvalue weighted by Crippen LogP contribution is -2.21. The largest absolute Gasteiger partial charge is 0.329 e. The van der Waals surface area contributed by atoms with Crippen molar-refractivity contribution in [1.82, 2.24) is 9.97 Å². The van der Waals surface area contributed by atoms with Gasteiger partial charge in [-0.1, -0.05) is 36.4 Å². The molecule has 0 spiro atoms. The van der Waals surface area contributed by atoms with Crippen LogP contribution in [-0.2, 0) is 0 Å². The first kappa shape index (κ1) is 16.0. The number of benzene rings is 2. The molecule has 0 aliphatic rings. The standard InChI is InChI=1S/C20H22N4/c1-4-24(18-13-9-6-10-14-18)20-21-16(2)15-19(22-20)23(3)17-11-7-5-8-12-17/h5-15H,4H2,1-3H3. The third-order valence-electron chi connectivity index (χ3n) is 3.94. The summed E-state index contributed by atoms with van der Waals surface area (Å²) < 4.78 is 0. The van der Waals surface area contributed by atoms with E-state index in [9.17, 15) is 0 Å². The highest BCUT2D eigenvalue weighted by molar-refractivity contribution is 5.63. The maximum Gasteiger partial charge on any atom is 0.232 e. The molecule has 3 rings (SSSR count). The van der Waals surface area contributed by atoms with E-state index >= 15 is 0 Å². The average molecular weight is 318 g/mol. The van der Waals surface area contributed by atoms with E-state index in [-0.39, 0.29) is 0 Å². The summed E-state index contributed by atoms with van der Waals surface area (Å²) in [6.45, 7) is 4.92. The summed E-state index contributed by atoms with van der Waals surface area (Å²) in [7, 11) is 2.03. The Kier molecular flexibility index (Phi) is 4.75. The van der Waals surface area contributed by atoms with E-state index in [1.165, 1.54) is 0 Å². The van der Waals surface area contributed by atoms with Crippen molar-refractivity contribution < 1.29 is 0 Å². The van der Waals surface area contributed by atoms with Crippen LogP contribution in [0.3, 0.4) is 0 Å². The van der Waals surface area contributed by atoms with Crippen LogP contribution in [0.4, 0.5) is 23.1 Å². The molecule has 3 aromatic rings. The Balaban J connectivity index is 2.00. The molecule has 2 aromatic carbocycles. The zero-order valence-electron chi connectivity index (χ0n) is 14.3. The molecule has 1 aromatic heterocycles. The summed E-state index contributed by atoms with van der Waals surface area (Å²) >= 11 is 0. The number of hydrogen-bond acceptors (Lipinski definition) is 4. The zero-order chi connectivity index (χ0) is 16.9. The van der Waals surface area contributed by atoms with Crippen LogP contribution in [0.25, 0.3) is 0 Å². The van der Waals surface area contributed by atoms with Gasteiger partial charge in [-0.2, -0.15) is 4.98 Å². The third kappa shape index (κ3) is 3.38. The average Bonchev–Trinajstić information content (AvgIpc) is 2.63. The van der Waals surface area contributed by atoms with E-state index in [4.69, 9.17) is 4.98 Å². The van der Waals surface area contributed by atoms with Crippen LogP contribution in [0.15, 0.2) is 66.7 Å². The molecule has 0 aliphatic heterocycles. The Morgan fingerprint density at radius 3 is 2.00 bits per heavy atom. The van der Waals surface area contributed by atoms with E-state index in [0.29, 0.717) is 0 Å². The molecule has 0 N–H and O–H groups in total. The van der Waals surface area contributed by atoms with Gasteiger partial charge in [0.25, 0.3) is 0 Å². The summed E-state index contributed by atoms with van der Waals surface area (Å²) in [5.74, 6) is 1.61. The fourth-order valence-electron chi connectivity index (χ4n) is 2.66. The van der Waals surface area contributed by atoms with Gasteiger partial charge in [0.15, 0.2) is 0 Å². The van der Waals surface area contributed by atoms with Crippen molar-refractivity contribution in [2.45, 2.75) is 13.8 Å². The van der Waals surface area contributed by atoms with Crippen LogP contribution in [0.2, 0.25) is 0 Å². The van der Waals surface area contributed by atoms with Crippen LogP contribution in [-0.4, -0.2) is 23.6 Å². The Labute approximate surface area is 143 Å². The van der Waals surface area contributed by atoms with Crippen molar-refractivity contribution in [2.75, 3.05) is 23.4 Å². The van der Waals surface area contributed by atoms with Crippen molar-refractivity contribution in [1.29, 1.82) is 0 Å². The Hall–Kier alpha value is -2.88. The fraction of sp³-hybridized carbons (Fsp3) is 0.200. The summed E-state index contributed by atoms with van der Waals surface area (Å²) in [6, 6.07) is 22.5. The molecule has 1 heterocycles. The molecule has 0 amide bonds. The maximum atomic E-state index is 4.80. The summed E-state index contributed by atoms with van der Waals surface area (Å²) in [5.41, 5.74) is 3.15. The van der Waals surface area contributed by atoms with Crippen molar-refractivity contribution >= 4 is 23.1 Å². The highest BCUT2D eigenvalue weighted by Crippen LogP contribution is 2.27. The molecule has 24 heavy (non-hydrogen) atoms. The summed E-state index contributed by atoms with van der Waals surface area (Å²) in [6.07, 6.45) is 0.